The van der Waals surface area contributed by atoms with E-state index in [-0.39, 0.29) is 10.8 Å². The number of sulfonamides is 1. The van der Waals surface area contributed by atoms with Crippen molar-refractivity contribution in [2.45, 2.75) is 28.5 Å². The molecular formula is C27H23ClN2O3S2. The van der Waals surface area contributed by atoms with E-state index in [1.165, 1.54) is 35.4 Å². The third kappa shape index (κ3) is 6.45. The summed E-state index contributed by atoms with van der Waals surface area (Å²) in [6, 6.07) is 26.1. The average Bonchev–Trinajstić information content (AvgIpc) is 2.84. The van der Waals surface area contributed by atoms with Crippen LogP contribution in [-0.4, -0.2) is 14.3 Å². The fraction of sp³-hybridized carbons (Fsp3) is 0.0741. The summed E-state index contributed by atoms with van der Waals surface area (Å²) in [5, 5.41) is 3.36. The lowest BCUT2D eigenvalue weighted by Gasteiger charge is -2.10. The predicted molar refractivity (Wildman–Crippen MR) is 143 cm³/mol. The number of amides is 1. The Labute approximate surface area is 214 Å². The van der Waals surface area contributed by atoms with Crippen molar-refractivity contribution < 1.29 is 13.2 Å². The highest BCUT2D eigenvalue weighted by Crippen LogP contribution is 2.30. The van der Waals surface area contributed by atoms with Crippen molar-refractivity contribution in [2.75, 3.05) is 10.0 Å². The lowest BCUT2D eigenvalue weighted by atomic mass is 10.1. The number of rotatable bonds is 7. The maximum absolute atomic E-state index is 12.6. The molecule has 0 radical (unpaired) electrons. The van der Waals surface area contributed by atoms with Crippen LogP contribution in [0.5, 0.6) is 0 Å². The van der Waals surface area contributed by atoms with Crippen molar-refractivity contribution in [3.8, 4) is 0 Å². The van der Waals surface area contributed by atoms with Crippen LogP contribution in [0.1, 0.15) is 21.5 Å². The minimum atomic E-state index is -3.79. The molecule has 0 atom stereocenters. The Bertz CT molecular complexity index is 1450. The average molecular weight is 523 g/mol. The summed E-state index contributed by atoms with van der Waals surface area (Å²) in [7, 11) is -3.79. The number of carbonyl (C=O) groups is 1. The highest BCUT2D eigenvalue weighted by atomic mass is 35.5. The normalized spacial score (nSPS) is 11.2. The molecule has 0 spiro atoms. The van der Waals surface area contributed by atoms with Gasteiger partial charge in [-0.2, -0.15) is 0 Å². The molecule has 0 aliphatic heterocycles. The number of hydrogen-bond donors (Lipinski definition) is 2. The van der Waals surface area contributed by atoms with Gasteiger partial charge >= 0.3 is 0 Å². The SMILES string of the molecule is Cc1ccc(Sc2ccc(NC(=O)c3ccc(S(=O)(=O)Nc4ccc(Cl)cc4)cc3)cc2)cc1C. The maximum Gasteiger partial charge on any atom is 0.261 e. The van der Waals surface area contributed by atoms with Crippen LogP contribution in [-0.2, 0) is 10.0 Å². The molecule has 0 saturated heterocycles. The van der Waals surface area contributed by atoms with E-state index in [2.05, 4.69) is 42.1 Å². The Hall–Kier alpha value is -3.26. The van der Waals surface area contributed by atoms with Gasteiger partial charge in [0.25, 0.3) is 15.9 Å². The summed E-state index contributed by atoms with van der Waals surface area (Å²) in [6.07, 6.45) is 0. The zero-order valence-corrected chi connectivity index (χ0v) is 21.5. The molecule has 35 heavy (non-hydrogen) atoms. The second-order valence-corrected chi connectivity index (χ2v) is 11.2. The number of anilines is 2. The molecule has 0 aliphatic rings. The summed E-state index contributed by atoms with van der Waals surface area (Å²) >= 11 is 7.50. The molecule has 0 aliphatic carbocycles. The number of benzene rings is 4. The van der Waals surface area contributed by atoms with Gasteiger partial charge in [-0.1, -0.05) is 29.4 Å². The van der Waals surface area contributed by atoms with Gasteiger partial charge in [0.05, 0.1) is 4.90 Å². The predicted octanol–water partition coefficient (Wildman–Crippen LogP) is 7.16. The molecule has 0 aromatic heterocycles. The molecule has 5 nitrogen and oxygen atoms in total. The van der Waals surface area contributed by atoms with Gasteiger partial charge in [0.2, 0.25) is 0 Å². The number of hydrogen-bond acceptors (Lipinski definition) is 4. The molecule has 0 unspecified atom stereocenters. The van der Waals surface area contributed by atoms with Crippen molar-refractivity contribution in [2.24, 2.45) is 0 Å². The van der Waals surface area contributed by atoms with Gasteiger partial charge in [-0.15, -0.1) is 0 Å². The molecule has 1 amide bonds. The van der Waals surface area contributed by atoms with Crippen LogP contribution in [0.2, 0.25) is 5.02 Å². The zero-order chi connectivity index (χ0) is 25.0. The fourth-order valence-electron chi connectivity index (χ4n) is 3.24. The molecule has 0 bridgehead atoms. The highest BCUT2D eigenvalue weighted by Gasteiger charge is 2.15. The van der Waals surface area contributed by atoms with E-state index in [0.29, 0.717) is 22.0 Å². The number of halogens is 1. The first kappa shape index (κ1) is 24.9. The van der Waals surface area contributed by atoms with Crippen LogP contribution >= 0.6 is 23.4 Å². The minimum absolute atomic E-state index is 0.0525. The highest BCUT2D eigenvalue weighted by molar-refractivity contribution is 7.99. The van der Waals surface area contributed by atoms with Crippen LogP contribution in [0.4, 0.5) is 11.4 Å². The van der Waals surface area contributed by atoms with Crippen LogP contribution < -0.4 is 10.0 Å². The van der Waals surface area contributed by atoms with Crippen LogP contribution in [0, 0.1) is 13.8 Å². The number of aryl methyl sites for hydroxylation is 2. The zero-order valence-electron chi connectivity index (χ0n) is 19.1. The van der Waals surface area contributed by atoms with Crippen molar-refractivity contribution in [3.05, 3.63) is 113 Å². The molecule has 4 rings (SSSR count). The summed E-state index contributed by atoms with van der Waals surface area (Å²) < 4.78 is 27.7. The third-order valence-corrected chi connectivity index (χ3v) is 8.00. The van der Waals surface area contributed by atoms with Crippen molar-refractivity contribution >= 4 is 50.7 Å². The van der Waals surface area contributed by atoms with E-state index in [0.717, 1.165) is 9.79 Å². The molecule has 178 valence electrons. The fourth-order valence-corrected chi connectivity index (χ4v) is 5.34. The Balaban J connectivity index is 1.38. The molecule has 2 N–H and O–H groups in total. The second-order valence-electron chi connectivity index (χ2n) is 7.96. The summed E-state index contributed by atoms with van der Waals surface area (Å²) in [6.45, 7) is 4.18. The standard InChI is InChI=1S/C27H23ClN2O3S2/c1-18-3-12-25(17-19(18)2)34-24-13-10-22(11-14-24)29-27(31)20-4-15-26(16-5-20)35(32,33)30-23-8-6-21(28)7-9-23/h3-17,30H,1-2H3,(H,29,31). The van der Waals surface area contributed by atoms with Gasteiger partial charge in [-0.25, -0.2) is 8.42 Å². The van der Waals surface area contributed by atoms with Crippen LogP contribution in [0.3, 0.4) is 0 Å². The molecule has 0 heterocycles. The van der Waals surface area contributed by atoms with Crippen molar-refractivity contribution in [3.63, 3.8) is 0 Å². The summed E-state index contributed by atoms with van der Waals surface area (Å²) in [4.78, 5) is 14.9. The van der Waals surface area contributed by atoms with Gasteiger partial charge in [-0.3, -0.25) is 9.52 Å². The summed E-state index contributed by atoms with van der Waals surface area (Å²) in [5.74, 6) is -0.325. The number of carbonyl (C=O) groups excluding carboxylic acids is 1. The topological polar surface area (TPSA) is 75.3 Å². The molecule has 4 aromatic rings. The largest absolute Gasteiger partial charge is 0.322 e. The van der Waals surface area contributed by atoms with E-state index in [9.17, 15) is 13.2 Å². The van der Waals surface area contributed by atoms with E-state index in [1.807, 2.05) is 24.3 Å². The van der Waals surface area contributed by atoms with Gasteiger partial charge in [0.15, 0.2) is 0 Å². The number of nitrogens with one attached hydrogen (secondary N) is 2. The molecule has 0 fully saturated rings. The Kier molecular flexibility index (Phi) is 7.50. The maximum atomic E-state index is 12.6. The van der Waals surface area contributed by atoms with E-state index in [1.54, 1.807) is 36.0 Å². The molecular weight excluding hydrogens is 500 g/mol. The van der Waals surface area contributed by atoms with Crippen molar-refractivity contribution in [1.29, 1.82) is 0 Å². The van der Waals surface area contributed by atoms with Gasteiger partial charge < -0.3 is 5.32 Å². The molecule has 4 aromatic carbocycles. The third-order valence-electron chi connectivity index (χ3n) is 5.35. The second kappa shape index (κ2) is 10.6. The van der Waals surface area contributed by atoms with Crippen molar-refractivity contribution in [1.82, 2.24) is 0 Å². The lowest BCUT2D eigenvalue weighted by molar-refractivity contribution is 0.102. The monoisotopic (exact) mass is 522 g/mol. The first-order valence-electron chi connectivity index (χ1n) is 10.7. The van der Waals surface area contributed by atoms with Gasteiger partial charge in [0.1, 0.15) is 0 Å². The Morgan fingerprint density at radius 1 is 0.743 bits per heavy atom. The first-order chi connectivity index (χ1) is 16.7. The van der Waals surface area contributed by atoms with E-state index >= 15 is 0 Å². The van der Waals surface area contributed by atoms with E-state index in [4.69, 9.17) is 11.6 Å². The van der Waals surface area contributed by atoms with Crippen LogP contribution in [0.15, 0.2) is 106 Å². The van der Waals surface area contributed by atoms with Gasteiger partial charge in [0, 0.05) is 31.8 Å². The quantitative estimate of drug-likeness (QED) is 0.270. The smallest absolute Gasteiger partial charge is 0.261 e. The molecule has 0 saturated carbocycles. The molecule has 8 heteroatoms. The Morgan fingerprint density at radius 2 is 1.34 bits per heavy atom. The van der Waals surface area contributed by atoms with Crippen LogP contribution in [0.25, 0.3) is 0 Å². The first-order valence-corrected chi connectivity index (χ1v) is 13.4. The minimum Gasteiger partial charge on any atom is -0.322 e. The summed E-state index contributed by atoms with van der Waals surface area (Å²) in [5.41, 5.74) is 3.91. The lowest BCUT2D eigenvalue weighted by Crippen LogP contribution is -2.14. The Morgan fingerprint density at radius 3 is 1.97 bits per heavy atom. The van der Waals surface area contributed by atoms with E-state index < -0.39 is 10.0 Å². The van der Waals surface area contributed by atoms with Gasteiger partial charge in [-0.05, 0) is 110 Å².